The van der Waals surface area contributed by atoms with Crippen molar-refractivity contribution in [1.29, 1.82) is 0 Å². The van der Waals surface area contributed by atoms with Gasteiger partial charge in [-0.3, -0.25) is 4.79 Å². The molecule has 0 N–H and O–H groups in total. The van der Waals surface area contributed by atoms with Crippen molar-refractivity contribution in [3.8, 4) is 0 Å². The summed E-state index contributed by atoms with van der Waals surface area (Å²) in [6, 6.07) is 15.8. The van der Waals surface area contributed by atoms with Crippen LogP contribution in [0.5, 0.6) is 0 Å². The second-order valence-electron chi connectivity index (χ2n) is 3.61. The maximum Gasteiger partial charge on any atom is 0.160 e. The number of hydrogen-bond acceptors (Lipinski definition) is 2. The van der Waals surface area contributed by atoms with Crippen molar-refractivity contribution < 1.29 is 4.79 Å². The average Bonchev–Trinajstić information content (AvgIpc) is 2.30. The number of rotatable bonds is 3. The third-order valence-corrected chi connectivity index (χ3v) is 3.85. The Kier molecular flexibility index (Phi) is 4.02. The van der Waals surface area contributed by atoms with Crippen LogP contribution in [-0.4, -0.2) is 5.78 Å². The van der Waals surface area contributed by atoms with E-state index in [9.17, 15) is 4.79 Å². The second kappa shape index (κ2) is 5.52. The molecule has 0 amide bonds. The van der Waals surface area contributed by atoms with Gasteiger partial charge in [0.05, 0.1) is 0 Å². The molecule has 0 spiro atoms. The van der Waals surface area contributed by atoms with Crippen molar-refractivity contribution in [2.24, 2.45) is 0 Å². The number of carbonyl (C=O) groups is 1. The second-order valence-corrected chi connectivity index (χ2v) is 5.64. The minimum atomic E-state index is 0.0935. The largest absolute Gasteiger partial charge is 0.294 e. The Labute approximate surface area is 113 Å². The van der Waals surface area contributed by atoms with Gasteiger partial charge in [-0.25, -0.2) is 0 Å². The van der Waals surface area contributed by atoms with Gasteiger partial charge >= 0.3 is 0 Å². The fourth-order valence-corrected chi connectivity index (χ4v) is 3.05. The van der Waals surface area contributed by atoms with E-state index < -0.39 is 0 Å². The minimum absolute atomic E-state index is 0.0935. The van der Waals surface area contributed by atoms with E-state index in [0.717, 1.165) is 19.8 Å². The smallest absolute Gasteiger partial charge is 0.160 e. The summed E-state index contributed by atoms with van der Waals surface area (Å²) in [5.74, 6) is 0.0935. The van der Waals surface area contributed by atoms with E-state index in [2.05, 4.69) is 15.9 Å². The van der Waals surface area contributed by atoms with Crippen LogP contribution >= 0.6 is 27.7 Å². The lowest BCUT2D eigenvalue weighted by Crippen LogP contribution is -1.94. The van der Waals surface area contributed by atoms with E-state index in [1.54, 1.807) is 18.7 Å². The van der Waals surface area contributed by atoms with Crippen molar-refractivity contribution in [2.75, 3.05) is 0 Å². The summed E-state index contributed by atoms with van der Waals surface area (Å²) in [5, 5.41) is 0. The Balaban J connectivity index is 2.37. The zero-order chi connectivity index (χ0) is 12.3. The molecule has 2 aromatic rings. The zero-order valence-electron chi connectivity index (χ0n) is 9.31. The molecule has 2 rings (SSSR count). The van der Waals surface area contributed by atoms with Gasteiger partial charge in [0, 0.05) is 19.8 Å². The molecule has 0 saturated carbocycles. The maximum atomic E-state index is 11.5. The predicted octanol–water partition coefficient (Wildman–Crippen LogP) is 4.80. The molecule has 0 heterocycles. The van der Waals surface area contributed by atoms with Gasteiger partial charge < -0.3 is 0 Å². The van der Waals surface area contributed by atoms with Crippen LogP contribution < -0.4 is 0 Å². The number of ketones is 1. The number of benzene rings is 2. The van der Waals surface area contributed by atoms with E-state index in [0.29, 0.717) is 0 Å². The third kappa shape index (κ3) is 3.20. The summed E-state index contributed by atoms with van der Waals surface area (Å²) < 4.78 is 0.987. The highest BCUT2D eigenvalue weighted by atomic mass is 79.9. The number of Topliss-reactive ketones (excluding diaryl/α,β-unsaturated/α-hetero) is 1. The standard InChI is InChI=1S/C14H11BrOS/c1-10(16)13-8-7-11(15)9-14(13)17-12-5-3-2-4-6-12/h2-9H,1H3. The summed E-state index contributed by atoms with van der Waals surface area (Å²) in [5.41, 5.74) is 0.766. The predicted molar refractivity (Wildman–Crippen MR) is 74.7 cm³/mol. The van der Waals surface area contributed by atoms with Crippen molar-refractivity contribution in [1.82, 2.24) is 0 Å². The van der Waals surface area contributed by atoms with E-state index in [1.165, 1.54) is 0 Å². The fourth-order valence-electron chi connectivity index (χ4n) is 1.49. The van der Waals surface area contributed by atoms with Crippen molar-refractivity contribution in [3.05, 3.63) is 58.6 Å². The first-order valence-corrected chi connectivity index (χ1v) is 6.81. The molecule has 2 aromatic carbocycles. The van der Waals surface area contributed by atoms with E-state index in [1.807, 2.05) is 48.5 Å². The Morgan fingerprint density at radius 3 is 2.47 bits per heavy atom. The van der Waals surface area contributed by atoms with Gasteiger partial charge in [0.2, 0.25) is 0 Å². The molecule has 0 aromatic heterocycles. The van der Waals surface area contributed by atoms with Crippen LogP contribution in [0.1, 0.15) is 17.3 Å². The molecule has 17 heavy (non-hydrogen) atoms. The molecule has 0 aliphatic heterocycles. The molecule has 0 unspecified atom stereocenters. The van der Waals surface area contributed by atoms with Crippen molar-refractivity contribution >= 4 is 33.5 Å². The van der Waals surface area contributed by atoms with Gasteiger partial charge in [0.1, 0.15) is 0 Å². The molecule has 0 fully saturated rings. The van der Waals surface area contributed by atoms with Gasteiger partial charge in [-0.1, -0.05) is 45.9 Å². The Hall–Kier alpha value is -1.06. The summed E-state index contributed by atoms with van der Waals surface area (Å²) >= 11 is 5.04. The normalized spacial score (nSPS) is 10.2. The highest BCUT2D eigenvalue weighted by molar-refractivity contribution is 9.10. The van der Waals surface area contributed by atoms with Crippen molar-refractivity contribution in [2.45, 2.75) is 16.7 Å². The summed E-state index contributed by atoms with van der Waals surface area (Å²) in [6.07, 6.45) is 0. The zero-order valence-corrected chi connectivity index (χ0v) is 11.7. The topological polar surface area (TPSA) is 17.1 Å². The Bertz CT molecular complexity index is 537. The Morgan fingerprint density at radius 1 is 1.12 bits per heavy atom. The van der Waals surface area contributed by atoms with Gasteiger partial charge in [-0.05, 0) is 37.3 Å². The molecule has 0 aliphatic rings. The summed E-state index contributed by atoms with van der Waals surface area (Å²) in [6.45, 7) is 1.60. The molecule has 86 valence electrons. The van der Waals surface area contributed by atoms with E-state index in [4.69, 9.17) is 0 Å². The lowest BCUT2D eigenvalue weighted by Gasteiger charge is -2.07. The number of halogens is 1. The first-order chi connectivity index (χ1) is 8.16. The Morgan fingerprint density at radius 2 is 1.82 bits per heavy atom. The average molecular weight is 307 g/mol. The SMILES string of the molecule is CC(=O)c1ccc(Br)cc1Sc1ccccc1. The maximum absolute atomic E-state index is 11.5. The molecule has 0 radical (unpaired) electrons. The molecule has 0 aliphatic carbocycles. The minimum Gasteiger partial charge on any atom is -0.294 e. The quantitative estimate of drug-likeness (QED) is 0.757. The van der Waals surface area contributed by atoms with Gasteiger partial charge in [-0.2, -0.15) is 0 Å². The van der Waals surface area contributed by atoms with Crippen LogP contribution in [0.25, 0.3) is 0 Å². The number of hydrogen-bond donors (Lipinski definition) is 0. The number of carbonyl (C=O) groups excluding carboxylic acids is 1. The molecular formula is C14H11BrOS. The van der Waals surface area contributed by atoms with Crippen LogP contribution in [0.4, 0.5) is 0 Å². The van der Waals surface area contributed by atoms with Crippen LogP contribution in [0.3, 0.4) is 0 Å². The first-order valence-electron chi connectivity index (χ1n) is 5.20. The lowest BCUT2D eigenvalue weighted by atomic mass is 10.1. The molecule has 0 saturated heterocycles. The van der Waals surface area contributed by atoms with Gasteiger partial charge in [-0.15, -0.1) is 0 Å². The van der Waals surface area contributed by atoms with Gasteiger partial charge in [0.15, 0.2) is 5.78 Å². The van der Waals surface area contributed by atoms with Crippen LogP contribution in [0.15, 0.2) is 62.8 Å². The summed E-state index contributed by atoms with van der Waals surface area (Å²) in [4.78, 5) is 13.7. The highest BCUT2D eigenvalue weighted by Crippen LogP contribution is 2.32. The van der Waals surface area contributed by atoms with Gasteiger partial charge in [0.25, 0.3) is 0 Å². The van der Waals surface area contributed by atoms with Crippen LogP contribution in [0, 0.1) is 0 Å². The van der Waals surface area contributed by atoms with E-state index in [-0.39, 0.29) is 5.78 Å². The van der Waals surface area contributed by atoms with Crippen LogP contribution in [0.2, 0.25) is 0 Å². The fraction of sp³-hybridized carbons (Fsp3) is 0.0714. The third-order valence-electron chi connectivity index (χ3n) is 2.29. The lowest BCUT2D eigenvalue weighted by molar-refractivity contribution is 0.101. The molecule has 3 heteroatoms. The molecule has 1 nitrogen and oxygen atoms in total. The highest BCUT2D eigenvalue weighted by Gasteiger charge is 2.08. The molecule has 0 bridgehead atoms. The van der Waals surface area contributed by atoms with Crippen LogP contribution in [-0.2, 0) is 0 Å². The monoisotopic (exact) mass is 306 g/mol. The van der Waals surface area contributed by atoms with E-state index >= 15 is 0 Å². The molecular weight excluding hydrogens is 296 g/mol. The van der Waals surface area contributed by atoms with Crippen molar-refractivity contribution in [3.63, 3.8) is 0 Å². The summed E-state index contributed by atoms with van der Waals surface area (Å²) in [7, 11) is 0. The first kappa shape index (κ1) is 12.4. The molecule has 0 atom stereocenters.